The van der Waals surface area contributed by atoms with Crippen LogP contribution >= 0.6 is 0 Å². The first kappa shape index (κ1) is 26.8. The highest BCUT2D eigenvalue weighted by atomic mass is 32.2. The Kier molecular flexibility index (Phi) is 8.09. The molecule has 0 aliphatic rings. The van der Waals surface area contributed by atoms with E-state index in [1.54, 1.807) is 42.5 Å². The third kappa shape index (κ3) is 6.88. The molecule has 0 radical (unpaired) electrons. The molecule has 0 saturated heterocycles. The Morgan fingerprint density at radius 3 is 2.33 bits per heavy atom. The predicted molar refractivity (Wildman–Crippen MR) is 130 cm³/mol. The highest BCUT2D eigenvalue weighted by Crippen LogP contribution is 2.37. The maximum absolute atomic E-state index is 13.3. The highest BCUT2D eigenvalue weighted by molar-refractivity contribution is 7.92. The number of carboxylic acid groups (broad SMARTS) is 1. The van der Waals surface area contributed by atoms with Crippen molar-refractivity contribution >= 4 is 27.8 Å². The number of nitrogens with one attached hydrogen (secondary N) is 1. The Morgan fingerprint density at radius 1 is 1.06 bits per heavy atom. The minimum absolute atomic E-state index is 0.0239. The van der Waals surface area contributed by atoms with Crippen LogP contribution in [0.15, 0.2) is 77.7 Å². The monoisotopic (exact) mass is 519 g/mol. The molecule has 0 amide bonds. The van der Waals surface area contributed by atoms with Crippen LogP contribution in [0.5, 0.6) is 5.75 Å². The van der Waals surface area contributed by atoms with E-state index in [0.29, 0.717) is 16.7 Å². The molecule has 0 fully saturated rings. The van der Waals surface area contributed by atoms with Gasteiger partial charge >= 0.3 is 12.1 Å². The standard InChI is InChI=1S/C26H24F3NO5S/c1-17(2)21-5-3-4-6-24(21)36(33,34)30-22-13-12-20(26(27,28)29)15-23(22)35-16-19-9-7-18(8-10-19)11-14-25(31)32/h3-15,17,30H,16H2,1-2H3,(H,31,32)/b14-11+. The van der Waals surface area contributed by atoms with Gasteiger partial charge in [0.1, 0.15) is 12.4 Å². The van der Waals surface area contributed by atoms with E-state index < -0.39 is 27.7 Å². The van der Waals surface area contributed by atoms with Crippen molar-refractivity contribution in [2.75, 3.05) is 4.72 Å². The molecule has 0 unspecified atom stereocenters. The SMILES string of the molecule is CC(C)c1ccccc1S(=O)(=O)Nc1ccc(C(F)(F)F)cc1OCc1ccc(/C=C/C(=O)O)cc1. The number of rotatable bonds is 9. The van der Waals surface area contributed by atoms with Crippen molar-refractivity contribution in [1.29, 1.82) is 0 Å². The van der Waals surface area contributed by atoms with Gasteiger partial charge in [-0.25, -0.2) is 13.2 Å². The lowest BCUT2D eigenvalue weighted by Crippen LogP contribution is -2.17. The fourth-order valence-corrected chi connectivity index (χ4v) is 4.80. The van der Waals surface area contributed by atoms with Crippen molar-refractivity contribution in [3.05, 3.63) is 95.1 Å². The molecule has 36 heavy (non-hydrogen) atoms. The van der Waals surface area contributed by atoms with E-state index in [1.807, 2.05) is 13.8 Å². The van der Waals surface area contributed by atoms with Crippen LogP contribution in [-0.2, 0) is 27.6 Å². The molecular formula is C26H24F3NO5S. The van der Waals surface area contributed by atoms with Crippen molar-refractivity contribution in [2.45, 2.75) is 37.4 Å². The molecule has 10 heteroatoms. The van der Waals surface area contributed by atoms with Gasteiger partial charge in [0.15, 0.2) is 0 Å². The van der Waals surface area contributed by atoms with E-state index in [2.05, 4.69) is 4.72 Å². The van der Waals surface area contributed by atoms with Gasteiger partial charge in [0.05, 0.1) is 16.1 Å². The topological polar surface area (TPSA) is 92.7 Å². The number of aliphatic carboxylic acids is 1. The number of ether oxygens (including phenoxy) is 1. The van der Waals surface area contributed by atoms with Crippen LogP contribution in [0.25, 0.3) is 6.08 Å². The summed E-state index contributed by atoms with van der Waals surface area (Å²) in [6, 6.07) is 15.4. The van der Waals surface area contributed by atoms with E-state index in [1.165, 1.54) is 12.1 Å². The van der Waals surface area contributed by atoms with Crippen LogP contribution < -0.4 is 9.46 Å². The molecule has 3 aromatic rings. The van der Waals surface area contributed by atoms with E-state index in [4.69, 9.17) is 9.84 Å². The average Bonchev–Trinajstić information content (AvgIpc) is 2.81. The molecule has 0 aliphatic heterocycles. The van der Waals surface area contributed by atoms with Gasteiger partial charge in [-0.2, -0.15) is 13.2 Å². The lowest BCUT2D eigenvalue weighted by molar-refractivity contribution is -0.137. The van der Waals surface area contributed by atoms with E-state index in [9.17, 15) is 26.4 Å². The van der Waals surface area contributed by atoms with Crippen molar-refractivity contribution in [3.63, 3.8) is 0 Å². The molecule has 3 aromatic carbocycles. The van der Waals surface area contributed by atoms with Crippen molar-refractivity contribution < 1.29 is 36.2 Å². The largest absolute Gasteiger partial charge is 0.487 e. The quantitative estimate of drug-likeness (QED) is 0.324. The van der Waals surface area contributed by atoms with Crippen LogP contribution in [0.3, 0.4) is 0 Å². The summed E-state index contributed by atoms with van der Waals surface area (Å²) in [4.78, 5) is 10.7. The number of hydrogen-bond donors (Lipinski definition) is 2. The zero-order valence-corrected chi connectivity index (χ0v) is 20.2. The van der Waals surface area contributed by atoms with Gasteiger partial charge in [0, 0.05) is 6.08 Å². The minimum Gasteiger partial charge on any atom is -0.487 e. The summed E-state index contributed by atoms with van der Waals surface area (Å²) < 4.78 is 74.3. The Bertz CT molecular complexity index is 1370. The van der Waals surface area contributed by atoms with Gasteiger partial charge in [-0.15, -0.1) is 0 Å². The van der Waals surface area contributed by atoms with Crippen LogP contribution in [0.2, 0.25) is 0 Å². The molecule has 0 aromatic heterocycles. The zero-order valence-electron chi connectivity index (χ0n) is 19.4. The third-order valence-electron chi connectivity index (χ3n) is 5.18. The summed E-state index contributed by atoms with van der Waals surface area (Å²) in [5.74, 6) is -1.49. The molecule has 2 N–H and O–H groups in total. The van der Waals surface area contributed by atoms with Gasteiger partial charge in [0.25, 0.3) is 10.0 Å². The second-order valence-corrected chi connectivity index (χ2v) is 9.86. The van der Waals surface area contributed by atoms with E-state index in [-0.39, 0.29) is 28.9 Å². The molecule has 0 aliphatic carbocycles. The molecule has 3 rings (SSSR count). The normalized spacial score (nSPS) is 12.2. The van der Waals surface area contributed by atoms with Crippen molar-refractivity contribution in [3.8, 4) is 5.75 Å². The van der Waals surface area contributed by atoms with Gasteiger partial charge in [-0.1, -0.05) is 56.3 Å². The first-order valence-electron chi connectivity index (χ1n) is 10.8. The molecule has 6 nitrogen and oxygen atoms in total. The number of halogens is 3. The fourth-order valence-electron chi connectivity index (χ4n) is 3.36. The summed E-state index contributed by atoms with van der Waals surface area (Å²) in [5, 5.41) is 8.71. The van der Waals surface area contributed by atoms with E-state index >= 15 is 0 Å². The van der Waals surface area contributed by atoms with Crippen LogP contribution in [0.4, 0.5) is 18.9 Å². The van der Waals surface area contributed by atoms with Crippen molar-refractivity contribution in [2.24, 2.45) is 0 Å². The Balaban J connectivity index is 1.90. The summed E-state index contributed by atoms with van der Waals surface area (Å²) in [6.45, 7) is 3.52. The number of carbonyl (C=O) groups is 1. The number of sulfonamides is 1. The summed E-state index contributed by atoms with van der Waals surface area (Å²) in [5.41, 5.74) is 0.632. The molecule has 0 heterocycles. The third-order valence-corrected chi connectivity index (χ3v) is 6.62. The first-order chi connectivity index (χ1) is 16.9. The van der Waals surface area contributed by atoms with Gasteiger partial charge in [-0.05, 0) is 52.9 Å². The van der Waals surface area contributed by atoms with Crippen LogP contribution in [-0.4, -0.2) is 19.5 Å². The highest BCUT2D eigenvalue weighted by Gasteiger charge is 2.32. The Labute approximate surface area is 207 Å². The number of carboxylic acids is 1. The predicted octanol–water partition coefficient (Wildman–Crippen LogP) is 6.31. The lowest BCUT2D eigenvalue weighted by Gasteiger charge is -2.18. The maximum Gasteiger partial charge on any atom is 0.416 e. The summed E-state index contributed by atoms with van der Waals surface area (Å²) in [7, 11) is -4.13. The second kappa shape index (κ2) is 10.9. The van der Waals surface area contributed by atoms with Gasteiger partial charge in [-0.3, -0.25) is 4.72 Å². The Hall–Kier alpha value is -3.79. The number of benzene rings is 3. The Morgan fingerprint density at radius 2 is 1.72 bits per heavy atom. The minimum atomic E-state index is -4.65. The second-order valence-electron chi connectivity index (χ2n) is 8.21. The summed E-state index contributed by atoms with van der Waals surface area (Å²) in [6.07, 6.45) is -2.29. The van der Waals surface area contributed by atoms with Crippen LogP contribution in [0, 0.1) is 0 Å². The van der Waals surface area contributed by atoms with E-state index in [0.717, 1.165) is 24.3 Å². The molecular weight excluding hydrogens is 495 g/mol. The average molecular weight is 520 g/mol. The first-order valence-corrected chi connectivity index (χ1v) is 12.3. The van der Waals surface area contributed by atoms with Crippen LogP contribution in [0.1, 0.15) is 42.0 Å². The number of alkyl halides is 3. The molecule has 0 atom stereocenters. The van der Waals surface area contributed by atoms with Gasteiger partial charge in [0.2, 0.25) is 0 Å². The fraction of sp³-hybridized carbons (Fsp3) is 0.192. The maximum atomic E-state index is 13.3. The lowest BCUT2D eigenvalue weighted by atomic mass is 10.0. The number of anilines is 1. The molecule has 0 bridgehead atoms. The van der Waals surface area contributed by atoms with Crippen molar-refractivity contribution in [1.82, 2.24) is 0 Å². The van der Waals surface area contributed by atoms with Gasteiger partial charge < -0.3 is 9.84 Å². The molecule has 0 spiro atoms. The zero-order chi connectivity index (χ0) is 26.5. The molecule has 190 valence electrons. The summed E-state index contributed by atoms with van der Waals surface area (Å²) >= 11 is 0. The molecule has 0 saturated carbocycles. The number of hydrogen-bond acceptors (Lipinski definition) is 4. The smallest absolute Gasteiger partial charge is 0.416 e.